The average Bonchev–Trinajstić information content (AvgIpc) is 2.54. The fraction of sp³-hybridized carbons (Fsp3) is 0.357. The number of hydrogen-bond acceptors (Lipinski definition) is 5. The number of amides is 2. The number of methoxy groups -OCH3 is 1. The van der Waals surface area contributed by atoms with Crippen molar-refractivity contribution in [1.29, 1.82) is 0 Å². The molecule has 118 valence electrons. The summed E-state index contributed by atoms with van der Waals surface area (Å²) in [6.07, 6.45) is 1.57. The number of nitrogens with zero attached hydrogens (tertiary/aromatic N) is 3. The lowest BCUT2D eigenvalue weighted by atomic mass is 10.2. The smallest absolute Gasteiger partial charge is 0.320 e. The van der Waals surface area contributed by atoms with Gasteiger partial charge in [0, 0.05) is 30.0 Å². The number of ether oxygens (including phenoxy) is 1. The van der Waals surface area contributed by atoms with E-state index in [0.29, 0.717) is 0 Å². The lowest BCUT2D eigenvalue weighted by Gasteiger charge is -2.35. The number of aromatic nitrogens is 2. The molecule has 0 unspecified atom stereocenters. The molecule has 2 heterocycles. The Hall–Kier alpha value is -2.22. The Morgan fingerprint density at radius 1 is 1.36 bits per heavy atom. The fourth-order valence-corrected chi connectivity index (χ4v) is 4.37. The zero-order chi connectivity index (χ0) is 15.5. The Labute approximate surface area is 131 Å². The number of para-hydroxylation sites is 1. The van der Waals surface area contributed by atoms with Crippen LogP contribution in [0.3, 0.4) is 0 Å². The summed E-state index contributed by atoms with van der Waals surface area (Å²) in [6.45, 7) is 1.69. The van der Waals surface area contributed by atoms with Gasteiger partial charge >= 0.3 is 6.03 Å². The number of benzene rings is 1. The molecule has 8 heteroatoms. The molecule has 1 aliphatic heterocycles. The second kappa shape index (κ2) is 6.27. The van der Waals surface area contributed by atoms with Crippen molar-refractivity contribution in [3.8, 4) is 5.75 Å². The van der Waals surface area contributed by atoms with Crippen LogP contribution in [0.5, 0.6) is 5.75 Å². The van der Waals surface area contributed by atoms with E-state index < -0.39 is 17.1 Å². The number of urea groups is 1. The Bertz CT molecular complexity index is 688. The second-order valence-corrected chi connectivity index (χ2v) is 7.20. The van der Waals surface area contributed by atoms with Crippen molar-refractivity contribution in [3.05, 3.63) is 24.5 Å². The van der Waals surface area contributed by atoms with Crippen LogP contribution in [-0.2, 0) is 0 Å². The van der Waals surface area contributed by atoms with Gasteiger partial charge in [0.05, 0.1) is 7.11 Å². The number of anilines is 1. The first-order valence-electron chi connectivity index (χ1n) is 7.02. The van der Waals surface area contributed by atoms with Crippen LogP contribution in [0, 0.1) is 0 Å². The molecule has 0 saturated carbocycles. The van der Waals surface area contributed by atoms with E-state index in [9.17, 15) is 4.79 Å². The van der Waals surface area contributed by atoms with E-state index in [2.05, 4.69) is 19.6 Å². The predicted molar refractivity (Wildman–Crippen MR) is 89.7 cm³/mol. The van der Waals surface area contributed by atoms with Gasteiger partial charge in [0.2, 0.25) is 0 Å². The van der Waals surface area contributed by atoms with Gasteiger partial charge in [-0.2, -0.15) is 11.1 Å². The molecule has 0 bridgehead atoms. The summed E-state index contributed by atoms with van der Waals surface area (Å²) in [5.74, 6) is 3.48. The summed E-state index contributed by atoms with van der Waals surface area (Å²) in [4.78, 5) is 21.9. The first-order valence-corrected chi connectivity index (χ1v) is 8.74. The summed E-state index contributed by atoms with van der Waals surface area (Å²) in [5.41, 5.74) is 6.01. The molecule has 0 aliphatic carbocycles. The SMILES string of the molecule is COc1cccc2c(N3CC[SH](NC(N)=O)CC3)ncnc12. The van der Waals surface area contributed by atoms with Gasteiger partial charge in [-0.25, -0.2) is 14.8 Å². The van der Waals surface area contributed by atoms with E-state index in [1.165, 1.54) is 0 Å². The molecular weight excluding hydrogens is 302 g/mol. The van der Waals surface area contributed by atoms with Crippen LogP contribution >= 0.6 is 11.1 Å². The minimum atomic E-state index is -0.515. The van der Waals surface area contributed by atoms with Crippen LogP contribution in [0.4, 0.5) is 10.6 Å². The summed E-state index contributed by atoms with van der Waals surface area (Å²) >= 11 is -0.515. The maximum Gasteiger partial charge on any atom is 0.320 e. The largest absolute Gasteiger partial charge is 0.494 e. The van der Waals surface area contributed by atoms with E-state index in [1.807, 2.05) is 18.2 Å². The molecule has 22 heavy (non-hydrogen) atoms. The van der Waals surface area contributed by atoms with Gasteiger partial charge < -0.3 is 20.1 Å². The third kappa shape index (κ3) is 2.87. The lowest BCUT2D eigenvalue weighted by Crippen LogP contribution is -2.40. The second-order valence-electron chi connectivity index (χ2n) is 5.00. The standard InChI is InChI=1S/C14H19N5O2S/c1-21-11-4-2-3-10-12(11)16-9-17-13(10)19-5-7-22(8-6-19)18-14(15)20/h2-4,9,22H,5-8H2,1H3,(H3,15,18,20). The van der Waals surface area contributed by atoms with E-state index in [0.717, 1.165) is 47.1 Å². The fourth-order valence-electron chi connectivity index (χ4n) is 2.65. The van der Waals surface area contributed by atoms with Crippen molar-refractivity contribution in [2.75, 3.05) is 36.6 Å². The van der Waals surface area contributed by atoms with E-state index in [-0.39, 0.29) is 0 Å². The van der Waals surface area contributed by atoms with Crippen LogP contribution in [0.15, 0.2) is 24.5 Å². The molecule has 2 aromatic rings. The summed E-state index contributed by atoms with van der Waals surface area (Å²) in [5, 5.41) is 0.982. The third-order valence-corrected chi connectivity index (χ3v) is 5.69. The molecule has 1 fully saturated rings. The van der Waals surface area contributed by atoms with Gasteiger partial charge in [0.25, 0.3) is 0 Å². The monoisotopic (exact) mass is 321 g/mol. The molecule has 7 nitrogen and oxygen atoms in total. The number of nitrogens with one attached hydrogen (secondary N) is 1. The first-order chi connectivity index (χ1) is 10.7. The number of hydrogen-bond donors (Lipinski definition) is 3. The van der Waals surface area contributed by atoms with Crippen molar-refractivity contribution in [3.63, 3.8) is 0 Å². The average molecular weight is 321 g/mol. The highest BCUT2D eigenvalue weighted by molar-refractivity contribution is 8.15. The van der Waals surface area contributed by atoms with Crippen molar-refractivity contribution in [1.82, 2.24) is 14.7 Å². The molecule has 3 N–H and O–H groups in total. The van der Waals surface area contributed by atoms with Crippen LogP contribution < -0.4 is 20.1 Å². The van der Waals surface area contributed by atoms with Crippen LogP contribution in [0.25, 0.3) is 10.9 Å². The topological polar surface area (TPSA) is 93.4 Å². The van der Waals surface area contributed by atoms with Crippen molar-refractivity contribution >= 4 is 33.8 Å². The molecule has 1 aromatic heterocycles. The van der Waals surface area contributed by atoms with E-state index in [4.69, 9.17) is 10.5 Å². The highest BCUT2D eigenvalue weighted by atomic mass is 32.2. The zero-order valence-electron chi connectivity index (χ0n) is 12.3. The predicted octanol–water partition coefficient (Wildman–Crippen LogP) is 1.04. The quantitative estimate of drug-likeness (QED) is 0.735. The summed E-state index contributed by atoms with van der Waals surface area (Å²) in [7, 11) is 1.64. The first kappa shape index (κ1) is 14.7. The summed E-state index contributed by atoms with van der Waals surface area (Å²) in [6, 6.07) is 5.41. The van der Waals surface area contributed by atoms with E-state index in [1.54, 1.807) is 13.4 Å². The maximum atomic E-state index is 10.9. The Morgan fingerprint density at radius 2 is 2.14 bits per heavy atom. The lowest BCUT2D eigenvalue weighted by molar-refractivity contribution is 0.254. The number of nitrogens with two attached hydrogens (primary N) is 1. The molecule has 0 radical (unpaired) electrons. The molecule has 0 spiro atoms. The third-order valence-electron chi connectivity index (χ3n) is 3.67. The van der Waals surface area contributed by atoms with Gasteiger partial charge in [-0.15, -0.1) is 0 Å². The Morgan fingerprint density at radius 3 is 2.82 bits per heavy atom. The molecule has 1 aromatic carbocycles. The van der Waals surface area contributed by atoms with Gasteiger partial charge in [0.15, 0.2) is 0 Å². The number of carbonyl (C=O) groups excluding carboxylic acids is 1. The zero-order valence-corrected chi connectivity index (χ0v) is 13.2. The number of thiol groups is 1. The molecule has 1 aliphatic rings. The number of fused-ring (bicyclic) bond motifs is 1. The Balaban J connectivity index is 1.84. The molecule has 1 saturated heterocycles. The maximum absolute atomic E-state index is 10.9. The van der Waals surface area contributed by atoms with Crippen LogP contribution in [-0.4, -0.2) is 47.7 Å². The van der Waals surface area contributed by atoms with E-state index >= 15 is 0 Å². The molecule has 3 rings (SSSR count). The molecular formula is C14H19N5O2S. The number of carbonyl (C=O) groups is 1. The highest BCUT2D eigenvalue weighted by Gasteiger charge is 2.20. The van der Waals surface area contributed by atoms with Crippen LogP contribution in [0.2, 0.25) is 0 Å². The van der Waals surface area contributed by atoms with Gasteiger partial charge in [0.1, 0.15) is 23.4 Å². The minimum Gasteiger partial charge on any atom is -0.494 e. The minimum absolute atomic E-state index is 0.434. The number of rotatable bonds is 3. The van der Waals surface area contributed by atoms with Gasteiger partial charge in [-0.05, 0) is 12.1 Å². The number of primary amides is 1. The van der Waals surface area contributed by atoms with Gasteiger partial charge in [-0.1, -0.05) is 6.07 Å². The van der Waals surface area contributed by atoms with Crippen molar-refractivity contribution in [2.45, 2.75) is 0 Å². The normalized spacial score (nSPS) is 16.6. The van der Waals surface area contributed by atoms with Crippen molar-refractivity contribution in [2.24, 2.45) is 5.73 Å². The molecule has 0 atom stereocenters. The summed E-state index contributed by atoms with van der Waals surface area (Å²) < 4.78 is 8.20. The highest BCUT2D eigenvalue weighted by Crippen LogP contribution is 2.32. The molecule has 2 amide bonds. The van der Waals surface area contributed by atoms with Crippen LogP contribution in [0.1, 0.15) is 0 Å². The Kier molecular flexibility index (Phi) is 4.19. The van der Waals surface area contributed by atoms with Gasteiger partial charge in [-0.3, -0.25) is 0 Å². The van der Waals surface area contributed by atoms with Crippen molar-refractivity contribution < 1.29 is 9.53 Å².